The Morgan fingerprint density at radius 3 is 2.83 bits per heavy atom. The molecular formula is C11H10Cl2FN3O. The van der Waals surface area contributed by atoms with E-state index in [1.165, 1.54) is 16.7 Å². The van der Waals surface area contributed by atoms with Gasteiger partial charge in [-0.3, -0.25) is 4.79 Å². The Morgan fingerprint density at radius 2 is 2.28 bits per heavy atom. The number of amides is 1. The van der Waals surface area contributed by atoms with Gasteiger partial charge in [-0.15, -0.1) is 11.6 Å². The van der Waals surface area contributed by atoms with E-state index in [2.05, 4.69) is 4.98 Å². The molecule has 96 valence electrons. The number of hydrogen-bond donors (Lipinski definition) is 1. The molecule has 1 aromatic carbocycles. The van der Waals surface area contributed by atoms with Crippen molar-refractivity contribution >= 4 is 40.1 Å². The van der Waals surface area contributed by atoms with Crippen LogP contribution in [0.3, 0.4) is 0 Å². The van der Waals surface area contributed by atoms with Crippen molar-refractivity contribution in [1.29, 1.82) is 0 Å². The van der Waals surface area contributed by atoms with Crippen LogP contribution in [-0.4, -0.2) is 15.5 Å². The third-order valence-electron chi connectivity index (χ3n) is 2.49. The van der Waals surface area contributed by atoms with Crippen LogP contribution in [-0.2, 0) is 11.3 Å². The van der Waals surface area contributed by atoms with Gasteiger partial charge >= 0.3 is 0 Å². The second kappa shape index (κ2) is 4.74. The van der Waals surface area contributed by atoms with Crippen molar-refractivity contribution in [3.63, 3.8) is 0 Å². The number of nitrogens with two attached hydrogens (primary N) is 1. The number of rotatable bonds is 3. The maximum atomic E-state index is 13.5. The number of nitrogens with zero attached hydrogens (tertiary/aromatic N) is 2. The summed E-state index contributed by atoms with van der Waals surface area (Å²) in [5.74, 6) is -0.682. The van der Waals surface area contributed by atoms with Gasteiger partial charge in [0.25, 0.3) is 0 Å². The minimum absolute atomic E-state index is 0.0278. The van der Waals surface area contributed by atoms with E-state index in [1.54, 1.807) is 6.92 Å². The molecular weight excluding hydrogens is 280 g/mol. The fraction of sp³-hybridized carbons (Fsp3) is 0.273. The average molecular weight is 290 g/mol. The van der Waals surface area contributed by atoms with Crippen molar-refractivity contribution in [3.05, 3.63) is 28.8 Å². The SMILES string of the molecule is CC(Cl)c1nc2cc(Cl)c(F)cc2n1CC(N)=O. The highest BCUT2D eigenvalue weighted by Gasteiger charge is 2.17. The summed E-state index contributed by atoms with van der Waals surface area (Å²) < 4.78 is 14.9. The molecule has 0 bridgehead atoms. The topological polar surface area (TPSA) is 60.9 Å². The van der Waals surface area contributed by atoms with E-state index in [4.69, 9.17) is 28.9 Å². The summed E-state index contributed by atoms with van der Waals surface area (Å²) in [5.41, 5.74) is 6.08. The molecule has 2 aromatic rings. The Morgan fingerprint density at radius 1 is 1.61 bits per heavy atom. The predicted molar refractivity (Wildman–Crippen MR) is 68.2 cm³/mol. The Bertz CT molecular complexity index is 624. The first-order valence-electron chi connectivity index (χ1n) is 5.17. The smallest absolute Gasteiger partial charge is 0.237 e. The Balaban J connectivity index is 2.72. The Labute approximate surface area is 112 Å². The first-order valence-corrected chi connectivity index (χ1v) is 5.99. The average Bonchev–Trinajstić information content (AvgIpc) is 2.57. The molecule has 0 fully saturated rings. The predicted octanol–water partition coefficient (Wildman–Crippen LogP) is 2.61. The maximum Gasteiger partial charge on any atom is 0.237 e. The lowest BCUT2D eigenvalue weighted by Crippen LogP contribution is -2.20. The largest absolute Gasteiger partial charge is 0.368 e. The van der Waals surface area contributed by atoms with E-state index in [-0.39, 0.29) is 11.6 Å². The number of benzene rings is 1. The van der Waals surface area contributed by atoms with Gasteiger partial charge in [-0.25, -0.2) is 9.37 Å². The fourth-order valence-corrected chi connectivity index (χ4v) is 2.09. The van der Waals surface area contributed by atoms with Crippen LogP contribution in [0.2, 0.25) is 5.02 Å². The molecule has 0 aliphatic carbocycles. The van der Waals surface area contributed by atoms with E-state index >= 15 is 0 Å². The summed E-state index contributed by atoms with van der Waals surface area (Å²) in [5, 5.41) is -0.460. The molecule has 0 radical (unpaired) electrons. The van der Waals surface area contributed by atoms with Crippen molar-refractivity contribution < 1.29 is 9.18 Å². The van der Waals surface area contributed by atoms with Gasteiger partial charge in [0.05, 0.1) is 21.4 Å². The minimum Gasteiger partial charge on any atom is -0.368 e. The van der Waals surface area contributed by atoms with Gasteiger partial charge in [-0.05, 0) is 13.0 Å². The van der Waals surface area contributed by atoms with E-state index in [0.29, 0.717) is 16.9 Å². The molecule has 18 heavy (non-hydrogen) atoms. The molecule has 0 spiro atoms. The molecule has 1 unspecified atom stereocenters. The number of fused-ring (bicyclic) bond motifs is 1. The second-order valence-electron chi connectivity index (χ2n) is 3.89. The number of halogens is 3. The summed E-state index contributed by atoms with van der Waals surface area (Å²) in [6.07, 6.45) is 0. The zero-order valence-corrected chi connectivity index (χ0v) is 11.0. The molecule has 1 aromatic heterocycles. The van der Waals surface area contributed by atoms with E-state index in [1.807, 2.05) is 0 Å². The van der Waals surface area contributed by atoms with Gasteiger partial charge in [-0.1, -0.05) is 11.6 Å². The van der Waals surface area contributed by atoms with Crippen LogP contribution >= 0.6 is 23.2 Å². The summed E-state index contributed by atoms with van der Waals surface area (Å²) in [7, 11) is 0. The lowest BCUT2D eigenvalue weighted by Gasteiger charge is -2.08. The molecule has 0 aliphatic rings. The van der Waals surface area contributed by atoms with Crippen molar-refractivity contribution in [2.24, 2.45) is 5.73 Å². The number of primary amides is 1. The monoisotopic (exact) mass is 289 g/mol. The summed E-state index contributed by atoms with van der Waals surface area (Å²) >= 11 is 11.7. The van der Waals surface area contributed by atoms with E-state index in [9.17, 15) is 9.18 Å². The van der Waals surface area contributed by atoms with Crippen molar-refractivity contribution in [2.45, 2.75) is 18.8 Å². The van der Waals surface area contributed by atoms with Crippen LogP contribution in [0.1, 0.15) is 18.1 Å². The van der Waals surface area contributed by atoms with Gasteiger partial charge in [0.1, 0.15) is 18.2 Å². The molecule has 4 nitrogen and oxygen atoms in total. The second-order valence-corrected chi connectivity index (χ2v) is 4.96. The molecule has 1 amide bonds. The Hall–Kier alpha value is -1.33. The third kappa shape index (κ3) is 2.28. The molecule has 2 N–H and O–H groups in total. The van der Waals surface area contributed by atoms with Crippen LogP contribution in [0, 0.1) is 5.82 Å². The van der Waals surface area contributed by atoms with Gasteiger partial charge in [-0.2, -0.15) is 0 Å². The first-order chi connectivity index (χ1) is 8.40. The van der Waals surface area contributed by atoms with Crippen molar-refractivity contribution in [2.75, 3.05) is 0 Å². The number of carbonyl (C=O) groups excluding carboxylic acids is 1. The highest BCUT2D eigenvalue weighted by molar-refractivity contribution is 6.31. The van der Waals surface area contributed by atoms with Gasteiger partial charge in [0.2, 0.25) is 5.91 Å². The molecule has 7 heteroatoms. The van der Waals surface area contributed by atoms with E-state index in [0.717, 1.165) is 0 Å². The Kier molecular flexibility index (Phi) is 3.45. The molecule has 0 aliphatic heterocycles. The highest BCUT2D eigenvalue weighted by Crippen LogP contribution is 2.28. The standard InChI is InChI=1S/C11H10Cl2FN3O/c1-5(12)11-16-8-2-6(13)7(14)3-9(8)17(11)4-10(15)18/h2-3,5H,4H2,1H3,(H2,15,18). The summed E-state index contributed by atoms with van der Waals surface area (Å²) in [6.45, 7) is 1.60. The lowest BCUT2D eigenvalue weighted by atomic mass is 10.3. The maximum absolute atomic E-state index is 13.5. The summed E-state index contributed by atoms with van der Waals surface area (Å²) in [4.78, 5) is 15.3. The molecule has 1 heterocycles. The molecule has 2 rings (SSSR count). The summed E-state index contributed by atoms with van der Waals surface area (Å²) in [6, 6.07) is 2.61. The number of carbonyl (C=O) groups is 1. The van der Waals surface area contributed by atoms with Crippen LogP contribution in [0.5, 0.6) is 0 Å². The number of alkyl halides is 1. The minimum atomic E-state index is -0.580. The normalized spacial score (nSPS) is 12.9. The first kappa shape index (κ1) is 13.1. The quantitative estimate of drug-likeness (QED) is 0.883. The van der Waals surface area contributed by atoms with Crippen molar-refractivity contribution in [3.8, 4) is 0 Å². The van der Waals surface area contributed by atoms with Gasteiger partial charge in [0, 0.05) is 6.07 Å². The van der Waals surface area contributed by atoms with Crippen molar-refractivity contribution in [1.82, 2.24) is 9.55 Å². The number of hydrogen-bond acceptors (Lipinski definition) is 2. The van der Waals surface area contributed by atoms with Crippen LogP contribution < -0.4 is 5.73 Å². The zero-order valence-electron chi connectivity index (χ0n) is 9.45. The van der Waals surface area contributed by atoms with Gasteiger partial charge in [0.15, 0.2) is 0 Å². The van der Waals surface area contributed by atoms with Crippen LogP contribution in [0.15, 0.2) is 12.1 Å². The highest BCUT2D eigenvalue weighted by atomic mass is 35.5. The van der Waals surface area contributed by atoms with Crippen LogP contribution in [0.4, 0.5) is 4.39 Å². The van der Waals surface area contributed by atoms with E-state index < -0.39 is 17.1 Å². The van der Waals surface area contributed by atoms with Gasteiger partial charge < -0.3 is 10.3 Å². The molecule has 1 atom stereocenters. The third-order valence-corrected chi connectivity index (χ3v) is 2.97. The lowest BCUT2D eigenvalue weighted by molar-refractivity contribution is -0.118. The fourth-order valence-electron chi connectivity index (χ4n) is 1.76. The molecule has 0 saturated carbocycles. The zero-order chi connectivity index (χ0) is 13.4. The number of aromatic nitrogens is 2. The number of imidazole rings is 1. The van der Waals surface area contributed by atoms with Crippen LogP contribution in [0.25, 0.3) is 11.0 Å². The molecule has 0 saturated heterocycles.